The van der Waals surface area contributed by atoms with E-state index in [1.807, 2.05) is 37.3 Å². The van der Waals surface area contributed by atoms with Crippen molar-refractivity contribution in [2.45, 2.75) is 13.5 Å². The fourth-order valence-electron chi connectivity index (χ4n) is 1.90. The number of hydrogen-bond acceptors (Lipinski definition) is 5. The maximum absolute atomic E-state index is 5.20. The topological polar surface area (TPSA) is 63.8 Å². The molecular formula is C14H13BrN4O. The van der Waals surface area contributed by atoms with Crippen molar-refractivity contribution in [1.29, 1.82) is 0 Å². The Bertz CT molecular complexity index is 741. The zero-order valence-electron chi connectivity index (χ0n) is 10.9. The smallest absolute Gasteiger partial charge is 0.240 e. The maximum Gasteiger partial charge on any atom is 0.240 e. The summed E-state index contributed by atoms with van der Waals surface area (Å²) in [6.45, 7) is 3.45. The number of nitrogens with zero attached hydrogens (tertiary/aromatic N) is 3. The SMILES string of the molecule is CCNCc1nc(-c2nc3ccccc3cc2Br)no1. The molecule has 0 aliphatic rings. The lowest BCUT2D eigenvalue weighted by Gasteiger charge is -2.02. The van der Waals surface area contributed by atoms with Gasteiger partial charge < -0.3 is 9.84 Å². The van der Waals surface area contributed by atoms with Crippen LogP contribution < -0.4 is 5.32 Å². The molecule has 0 aliphatic heterocycles. The van der Waals surface area contributed by atoms with Crippen LogP contribution in [-0.2, 0) is 6.54 Å². The van der Waals surface area contributed by atoms with E-state index < -0.39 is 0 Å². The van der Waals surface area contributed by atoms with E-state index in [1.54, 1.807) is 0 Å². The van der Waals surface area contributed by atoms with Crippen molar-refractivity contribution in [3.05, 3.63) is 40.7 Å². The Morgan fingerprint density at radius 3 is 2.95 bits per heavy atom. The van der Waals surface area contributed by atoms with Crippen molar-refractivity contribution in [3.63, 3.8) is 0 Å². The van der Waals surface area contributed by atoms with Gasteiger partial charge in [-0.15, -0.1) is 0 Å². The van der Waals surface area contributed by atoms with E-state index in [2.05, 4.69) is 36.4 Å². The van der Waals surface area contributed by atoms with Gasteiger partial charge in [0.15, 0.2) is 0 Å². The van der Waals surface area contributed by atoms with Gasteiger partial charge in [0, 0.05) is 9.86 Å². The quantitative estimate of drug-likeness (QED) is 0.795. The van der Waals surface area contributed by atoms with E-state index in [0.29, 0.717) is 24.0 Å². The van der Waals surface area contributed by atoms with Gasteiger partial charge in [0.1, 0.15) is 5.69 Å². The number of rotatable bonds is 4. The molecule has 102 valence electrons. The number of aromatic nitrogens is 3. The number of pyridine rings is 1. The van der Waals surface area contributed by atoms with Crippen LogP contribution in [0.1, 0.15) is 12.8 Å². The lowest BCUT2D eigenvalue weighted by atomic mass is 10.2. The van der Waals surface area contributed by atoms with E-state index in [1.165, 1.54) is 0 Å². The molecule has 20 heavy (non-hydrogen) atoms. The van der Waals surface area contributed by atoms with Gasteiger partial charge >= 0.3 is 0 Å². The minimum absolute atomic E-state index is 0.496. The highest BCUT2D eigenvalue weighted by Gasteiger charge is 2.14. The summed E-state index contributed by atoms with van der Waals surface area (Å²) in [4.78, 5) is 8.94. The summed E-state index contributed by atoms with van der Waals surface area (Å²) >= 11 is 3.52. The molecule has 0 saturated carbocycles. The Labute approximate surface area is 124 Å². The molecule has 0 saturated heterocycles. The number of halogens is 1. The summed E-state index contributed by atoms with van der Waals surface area (Å²) in [5.41, 5.74) is 1.60. The molecular weight excluding hydrogens is 320 g/mol. The lowest BCUT2D eigenvalue weighted by molar-refractivity contribution is 0.369. The first-order chi connectivity index (χ1) is 9.78. The van der Waals surface area contributed by atoms with Crippen LogP contribution in [-0.4, -0.2) is 21.7 Å². The van der Waals surface area contributed by atoms with Gasteiger partial charge in [0.2, 0.25) is 11.7 Å². The molecule has 0 unspecified atom stereocenters. The minimum Gasteiger partial charge on any atom is -0.337 e. The van der Waals surface area contributed by atoms with Gasteiger partial charge in [-0.2, -0.15) is 4.98 Å². The highest BCUT2D eigenvalue weighted by Crippen LogP contribution is 2.27. The molecule has 0 radical (unpaired) electrons. The molecule has 3 aromatic rings. The molecule has 6 heteroatoms. The first-order valence-electron chi connectivity index (χ1n) is 6.37. The number of benzene rings is 1. The predicted octanol–water partition coefficient (Wildman–Crippen LogP) is 3.16. The van der Waals surface area contributed by atoms with Gasteiger partial charge in [-0.05, 0) is 34.6 Å². The van der Waals surface area contributed by atoms with Gasteiger partial charge in [-0.1, -0.05) is 30.3 Å². The van der Waals surface area contributed by atoms with Gasteiger partial charge in [-0.25, -0.2) is 4.98 Å². The average Bonchev–Trinajstić information content (AvgIpc) is 2.93. The molecule has 0 aliphatic carbocycles. The number of fused-ring (bicyclic) bond motifs is 1. The summed E-state index contributed by atoms with van der Waals surface area (Å²) < 4.78 is 6.06. The zero-order valence-corrected chi connectivity index (χ0v) is 12.5. The Kier molecular flexibility index (Phi) is 3.75. The van der Waals surface area contributed by atoms with E-state index in [4.69, 9.17) is 4.52 Å². The summed E-state index contributed by atoms with van der Waals surface area (Å²) in [7, 11) is 0. The summed E-state index contributed by atoms with van der Waals surface area (Å²) in [5.74, 6) is 1.05. The van der Waals surface area contributed by atoms with E-state index in [0.717, 1.165) is 21.9 Å². The Hall–Kier alpha value is -1.79. The highest BCUT2D eigenvalue weighted by atomic mass is 79.9. The largest absolute Gasteiger partial charge is 0.337 e. The monoisotopic (exact) mass is 332 g/mol. The fraction of sp³-hybridized carbons (Fsp3) is 0.214. The van der Waals surface area contributed by atoms with E-state index in [-0.39, 0.29) is 0 Å². The molecule has 3 rings (SSSR count). The van der Waals surface area contributed by atoms with Crippen molar-refractivity contribution >= 4 is 26.8 Å². The predicted molar refractivity (Wildman–Crippen MR) is 80.1 cm³/mol. The standard InChI is InChI=1S/C14H13BrN4O/c1-2-16-8-12-18-14(19-20-12)13-10(15)7-9-5-3-4-6-11(9)17-13/h3-7,16H,2,8H2,1H3. The van der Waals surface area contributed by atoms with Crippen LogP contribution in [0.3, 0.4) is 0 Å². The third-order valence-electron chi connectivity index (χ3n) is 2.88. The maximum atomic E-state index is 5.20. The van der Waals surface area contributed by atoms with Crippen molar-refractivity contribution in [1.82, 2.24) is 20.4 Å². The van der Waals surface area contributed by atoms with Crippen molar-refractivity contribution in [3.8, 4) is 11.5 Å². The van der Waals surface area contributed by atoms with Crippen molar-refractivity contribution in [2.24, 2.45) is 0 Å². The van der Waals surface area contributed by atoms with E-state index >= 15 is 0 Å². The second kappa shape index (κ2) is 5.68. The minimum atomic E-state index is 0.496. The first-order valence-corrected chi connectivity index (χ1v) is 7.16. The molecule has 0 amide bonds. The Balaban J connectivity index is 2.00. The molecule has 1 N–H and O–H groups in total. The van der Waals surface area contributed by atoms with Crippen LogP contribution in [0.2, 0.25) is 0 Å². The molecule has 2 aromatic heterocycles. The fourth-order valence-corrected chi connectivity index (χ4v) is 2.41. The van der Waals surface area contributed by atoms with E-state index in [9.17, 15) is 0 Å². The van der Waals surface area contributed by atoms with Gasteiger partial charge in [0.05, 0.1) is 12.1 Å². The second-order valence-electron chi connectivity index (χ2n) is 4.30. The van der Waals surface area contributed by atoms with Crippen LogP contribution in [0.25, 0.3) is 22.4 Å². The van der Waals surface area contributed by atoms with Crippen LogP contribution in [0.4, 0.5) is 0 Å². The summed E-state index contributed by atoms with van der Waals surface area (Å²) in [5, 5.41) is 8.20. The van der Waals surface area contributed by atoms with Gasteiger partial charge in [-0.3, -0.25) is 0 Å². The molecule has 1 aromatic carbocycles. The Morgan fingerprint density at radius 1 is 1.25 bits per heavy atom. The normalized spacial score (nSPS) is 11.1. The molecule has 5 nitrogen and oxygen atoms in total. The highest BCUT2D eigenvalue weighted by molar-refractivity contribution is 9.10. The first kappa shape index (κ1) is 13.2. The third-order valence-corrected chi connectivity index (χ3v) is 3.49. The van der Waals surface area contributed by atoms with Crippen LogP contribution in [0, 0.1) is 0 Å². The number of para-hydroxylation sites is 1. The molecule has 2 heterocycles. The molecule has 0 bridgehead atoms. The van der Waals surface area contributed by atoms with Crippen molar-refractivity contribution < 1.29 is 4.52 Å². The van der Waals surface area contributed by atoms with Crippen LogP contribution in [0.5, 0.6) is 0 Å². The van der Waals surface area contributed by atoms with Gasteiger partial charge in [0.25, 0.3) is 0 Å². The average molecular weight is 333 g/mol. The zero-order chi connectivity index (χ0) is 13.9. The second-order valence-corrected chi connectivity index (χ2v) is 5.16. The molecule has 0 atom stereocenters. The van der Waals surface area contributed by atoms with Crippen LogP contribution >= 0.6 is 15.9 Å². The molecule has 0 spiro atoms. The number of nitrogens with one attached hydrogen (secondary N) is 1. The number of hydrogen-bond donors (Lipinski definition) is 1. The Morgan fingerprint density at radius 2 is 2.10 bits per heavy atom. The summed E-state index contributed by atoms with van der Waals surface area (Å²) in [6, 6.07) is 9.94. The third kappa shape index (κ3) is 2.57. The van der Waals surface area contributed by atoms with Crippen LogP contribution in [0.15, 0.2) is 39.3 Å². The van der Waals surface area contributed by atoms with Crippen molar-refractivity contribution in [2.75, 3.05) is 6.54 Å². The molecule has 0 fully saturated rings. The lowest BCUT2D eigenvalue weighted by Crippen LogP contribution is -2.11. The summed E-state index contributed by atoms with van der Waals surface area (Å²) in [6.07, 6.45) is 0.